The Morgan fingerprint density at radius 2 is 2.12 bits per heavy atom. The number of nitrogens with zero attached hydrogens (tertiary/aromatic N) is 1. The lowest BCUT2D eigenvalue weighted by molar-refractivity contribution is -0.124. The summed E-state index contributed by atoms with van der Waals surface area (Å²) in [5.41, 5.74) is 6.05. The van der Waals surface area contributed by atoms with Crippen LogP contribution >= 0.6 is 0 Å². The number of carbonyl (C=O) groups is 1. The molecule has 17 heavy (non-hydrogen) atoms. The predicted molar refractivity (Wildman–Crippen MR) is 65.6 cm³/mol. The molecular formula is C13H14N2O2. The number of pyridine rings is 1. The number of benzene rings is 1. The van der Waals surface area contributed by atoms with Crippen molar-refractivity contribution in [3.8, 4) is 5.88 Å². The second-order valence-electron chi connectivity index (χ2n) is 3.76. The maximum absolute atomic E-state index is 11.1. The van der Waals surface area contributed by atoms with Gasteiger partial charge in [0.1, 0.15) is 0 Å². The van der Waals surface area contributed by atoms with Crippen LogP contribution in [-0.4, -0.2) is 17.0 Å². The molecule has 1 unspecified atom stereocenters. The number of hydrogen-bond donors (Lipinski definition) is 1. The van der Waals surface area contributed by atoms with Gasteiger partial charge in [0, 0.05) is 11.5 Å². The molecule has 1 aromatic carbocycles. The first-order chi connectivity index (χ1) is 8.20. The summed E-state index contributed by atoms with van der Waals surface area (Å²) in [6.07, 6.45) is -0.0900. The second-order valence-corrected chi connectivity index (χ2v) is 3.76. The highest BCUT2D eigenvalue weighted by Crippen LogP contribution is 2.17. The number of aromatic nitrogens is 1. The van der Waals surface area contributed by atoms with Crippen LogP contribution in [0.4, 0.5) is 0 Å². The van der Waals surface area contributed by atoms with Gasteiger partial charge in [0.05, 0.1) is 5.52 Å². The number of hydrogen-bond acceptors (Lipinski definition) is 3. The smallest absolute Gasteiger partial charge is 0.258 e. The summed E-state index contributed by atoms with van der Waals surface area (Å²) in [7, 11) is 0. The average Bonchev–Trinajstić information content (AvgIpc) is 2.35. The highest BCUT2D eigenvalue weighted by atomic mass is 16.5. The SMILES string of the molecule is CCC(Oc1ccc2ccccc2n1)C(N)=O. The molecule has 4 nitrogen and oxygen atoms in total. The van der Waals surface area contributed by atoms with Crippen LogP contribution in [0, 0.1) is 0 Å². The van der Waals surface area contributed by atoms with Crippen LogP contribution in [0.5, 0.6) is 5.88 Å². The Balaban J connectivity index is 2.27. The molecular weight excluding hydrogens is 216 g/mol. The Hall–Kier alpha value is -2.10. The van der Waals surface area contributed by atoms with E-state index >= 15 is 0 Å². The van der Waals surface area contributed by atoms with Crippen LogP contribution in [0.1, 0.15) is 13.3 Å². The molecule has 0 spiro atoms. The number of carbonyl (C=O) groups excluding carboxylic acids is 1. The molecule has 0 saturated carbocycles. The lowest BCUT2D eigenvalue weighted by atomic mass is 10.2. The van der Waals surface area contributed by atoms with Gasteiger partial charge in [-0.2, -0.15) is 0 Å². The van der Waals surface area contributed by atoms with Crippen molar-refractivity contribution in [3.05, 3.63) is 36.4 Å². The molecule has 0 saturated heterocycles. The third-order valence-electron chi connectivity index (χ3n) is 2.52. The van der Waals surface area contributed by atoms with E-state index in [4.69, 9.17) is 10.5 Å². The summed E-state index contributed by atoms with van der Waals surface area (Å²) in [6.45, 7) is 1.84. The molecule has 0 fully saturated rings. The van der Waals surface area contributed by atoms with Crippen molar-refractivity contribution in [1.29, 1.82) is 0 Å². The Labute approximate surface area is 99.4 Å². The van der Waals surface area contributed by atoms with Crippen molar-refractivity contribution in [2.45, 2.75) is 19.4 Å². The van der Waals surface area contributed by atoms with E-state index in [1.807, 2.05) is 37.3 Å². The van der Waals surface area contributed by atoms with E-state index in [1.165, 1.54) is 0 Å². The first-order valence-electron chi connectivity index (χ1n) is 5.52. The minimum absolute atomic E-state index is 0.425. The lowest BCUT2D eigenvalue weighted by Crippen LogP contribution is -2.33. The molecule has 1 heterocycles. The lowest BCUT2D eigenvalue weighted by Gasteiger charge is -2.13. The van der Waals surface area contributed by atoms with Gasteiger partial charge in [-0.05, 0) is 18.6 Å². The standard InChI is InChI=1S/C13H14N2O2/c1-2-11(13(14)16)17-12-8-7-9-5-3-4-6-10(9)15-12/h3-8,11H,2H2,1H3,(H2,14,16). The summed E-state index contributed by atoms with van der Waals surface area (Å²) in [5, 5.41) is 1.03. The number of fused-ring (bicyclic) bond motifs is 1. The summed E-state index contributed by atoms with van der Waals surface area (Å²) in [6, 6.07) is 11.4. The molecule has 1 atom stereocenters. The number of rotatable bonds is 4. The first-order valence-corrected chi connectivity index (χ1v) is 5.52. The van der Waals surface area contributed by atoms with Crippen molar-refractivity contribution in [2.24, 2.45) is 5.73 Å². The highest BCUT2D eigenvalue weighted by molar-refractivity contribution is 5.80. The molecule has 0 radical (unpaired) electrons. The number of primary amides is 1. The third kappa shape index (κ3) is 2.53. The summed E-state index contributed by atoms with van der Waals surface area (Å²) in [4.78, 5) is 15.4. The molecule has 2 N–H and O–H groups in total. The molecule has 2 rings (SSSR count). The maximum Gasteiger partial charge on any atom is 0.258 e. The van der Waals surface area contributed by atoms with E-state index in [2.05, 4.69) is 4.98 Å². The van der Waals surface area contributed by atoms with Gasteiger partial charge >= 0.3 is 0 Å². The maximum atomic E-state index is 11.1. The van der Waals surface area contributed by atoms with E-state index < -0.39 is 12.0 Å². The minimum atomic E-state index is -0.622. The van der Waals surface area contributed by atoms with Crippen molar-refractivity contribution < 1.29 is 9.53 Å². The van der Waals surface area contributed by atoms with E-state index in [0.29, 0.717) is 12.3 Å². The van der Waals surface area contributed by atoms with E-state index in [9.17, 15) is 4.79 Å². The van der Waals surface area contributed by atoms with Gasteiger partial charge in [-0.25, -0.2) is 4.98 Å². The fourth-order valence-corrected chi connectivity index (χ4v) is 1.60. The van der Waals surface area contributed by atoms with Gasteiger partial charge in [0.2, 0.25) is 5.88 Å². The van der Waals surface area contributed by atoms with Gasteiger partial charge in [-0.3, -0.25) is 4.79 Å². The number of para-hydroxylation sites is 1. The van der Waals surface area contributed by atoms with Crippen LogP contribution < -0.4 is 10.5 Å². The van der Waals surface area contributed by atoms with E-state index in [1.54, 1.807) is 6.07 Å². The molecule has 0 bridgehead atoms. The summed E-state index contributed by atoms with van der Waals surface area (Å²) < 4.78 is 5.45. The molecule has 0 aliphatic carbocycles. The zero-order valence-corrected chi connectivity index (χ0v) is 9.59. The summed E-state index contributed by atoms with van der Waals surface area (Å²) in [5.74, 6) is -0.0446. The Bertz CT molecular complexity index is 540. The highest BCUT2D eigenvalue weighted by Gasteiger charge is 2.15. The van der Waals surface area contributed by atoms with Crippen LogP contribution in [0.2, 0.25) is 0 Å². The van der Waals surface area contributed by atoms with Gasteiger partial charge in [0.15, 0.2) is 6.10 Å². The Morgan fingerprint density at radius 3 is 2.82 bits per heavy atom. The molecule has 88 valence electrons. The topological polar surface area (TPSA) is 65.2 Å². The van der Waals surface area contributed by atoms with Crippen molar-refractivity contribution in [1.82, 2.24) is 4.98 Å². The van der Waals surface area contributed by atoms with Gasteiger partial charge in [-0.15, -0.1) is 0 Å². The molecule has 0 aliphatic rings. The Kier molecular flexibility index (Phi) is 3.23. The van der Waals surface area contributed by atoms with Gasteiger partial charge < -0.3 is 10.5 Å². The fourth-order valence-electron chi connectivity index (χ4n) is 1.60. The Morgan fingerprint density at radius 1 is 1.35 bits per heavy atom. The normalized spacial score (nSPS) is 12.3. The zero-order valence-electron chi connectivity index (χ0n) is 9.59. The minimum Gasteiger partial charge on any atom is -0.464 e. The largest absolute Gasteiger partial charge is 0.464 e. The molecule has 4 heteroatoms. The van der Waals surface area contributed by atoms with E-state index in [-0.39, 0.29) is 0 Å². The fraction of sp³-hybridized carbons (Fsp3) is 0.231. The molecule has 2 aromatic rings. The van der Waals surface area contributed by atoms with Crippen molar-refractivity contribution in [2.75, 3.05) is 0 Å². The number of ether oxygens (including phenoxy) is 1. The molecule has 0 aliphatic heterocycles. The van der Waals surface area contributed by atoms with Crippen molar-refractivity contribution in [3.63, 3.8) is 0 Å². The third-order valence-corrected chi connectivity index (χ3v) is 2.52. The predicted octanol–water partition coefficient (Wildman–Crippen LogP) is 1.88. The van der Waals surface area contributed by atoms with Gasteiger partial charge in [-0.1, -0.05) is 25.1 Å². The monoisotopic (exact) mass is 230 g/mol. The van der Waals surface area contributed by atoms with Crippen LogP contribution in [0.15, 0.2) is 36.4 Å². The molecule has 1 amide bonds. The van der Waals surface area contributed by atoms with Crippen LogP contribution in [0.3, 0.4) is 0 Å². The number of amides is 1. The number of nitrogens with two attached hydrogens (primary N) is 1. The van der Waals surface area contributed by atoms with E-state index in [0.717, 1.165) is 10.9 Å². The second kappa shape index (κ2) is 4.82. The van der Waals surface area contributed by atoms with Gasteiger partial charge in [0.25, 0.3) is 5.91 Å². The van der Waals surface area contributed by atoms with Crippen LogP contribution in [0.25, 0.3) is 10.9 Å². The average molecular weight is 230 g/mol. The molecule has 1 aromatic heterocycles. The summed E-state index contributed by atoms with van der Waals surface area (Å²) >= 11 is 0. The van der Waals surface area contributed by atoms with Crippen molar-refractivity contribution >= 4 is 16.8 Å². The van der Waals surface area contributed by atoms with Crippen LogP contribution in [-0.2, 0) is 4.79 Å². The first kappa shape index (κ1) is 11.4. The quantitative estimate of drug-likeness (QED) is 0.872. The zero-order chi connectivity index (χ0) is 12.3.